The van der Waals surface area contributed by atoms with Crippen LogP contribution in [0.3, 0.4) is 0 Å². The third-order valence-electron chi connectivity index (χ3n) is 5.10. The average molecular weight is 582 g/mol. The molecular weight excluding hydrogens is 564 g/mol. The van der Waals surface area contributed by atoms with Gasteiger partial charge in [0.25, 0.3) is 0 Å². The number of hydrogen-bond acceptors (Lipinski definition) is 1. The maximum absolute atomic E-state index is 13.5. The number of halogens is 1. The topological polar surface area (TPSA) is 17.8 Å². The van der Waals surface area contributed by atoms with E-state index in [4.69, 9.17) is 0 Å². The second kappa shape index (κ2) is 9.21. The van der Waals surface area contributed by atoms with Gasteiger partial charge in [0.1, 0.15) is 0 Å². The van der Waals surface area contributed by atoms with Crippen LogP contribution in [0.25, 0.3) is 39.3 Å². The van der Waals surface area contributed by atoms with Gasteiger partial charge in [0.15, 0.2) is 0 Å². The normalized spacial score (nSPS) is 10.5. The number of benzene rings is 4. The molecule has 0 saturated carbocycles. The monoisotopic (exact) mass is 582 g/mol. The van der Waals surface area contributed by atoms with Crippen LogP contribution >= 0.6 is 0 Å². The fourth-order valence-electron chi connectivity index (χ4n) is 3.73. The van der Waals surface area contributed by atoms with Crippen molar-refractivity contribution in [3.63, 3.8) is 0 Å². The van der Waals surface area contributed by atoms with Crippen molar-refractivity contribution >= 4 is 0 Å². The van der Waals surface area contributed by atoms with Gasteiger partial charge in [-0.15, -0.1) is 29.8 Å². The molecule has 0 bridgehead atoms. The third kappa shape index (κ3) is 4.13. The van der Waals surface area contributed by atoms with Crippen LogP contribution in [0.4, 0.5) is 4.39 Å². The second-order valence-electron chi connectivity index (χ2n) is 6.98. The summed E-state index contributed by atoms with van der Waals surface area (Å²) < 4.78 is 15.5. The molecule has 5 rings (SSSR count). The predicted octanol–water partition coefficient (Wildman–Crippen LogP) is 6.81. The molecule has 4 aromatic carbocycles. The van der Waals surface area contributed by atoms with Gasteiger partial charge in [-0.2, -0.15) is 0 Å². The second-order valence-corrected chi connectivity index (χ2v) is 6.98. The zero-order valence-corrected chi connectivity index (χ0v) is 18.9. The molecule has 2 nitrogen and oxygen atoms in total. The van der Waals surface area contributed by atoms with Crippen molar-refractivity contribution in [3.05, 3.63) is 121 Å². The molecular formula is C27H18FIrN2-. The van der Waals surface area contributed by atoms with Crippen LogP contribution in [-0.2, 0) is 20.1 Å². The summed E-state index contributed by atoms with van der Waals surface area (Å²) in [6.45, 7) is 0. The van der Waals surface area contributed by atoms with Crippen LogP contribution in [0.1, 0.15) is 0 Å². The summed E-state index contributed by atoms with van der Waals surface area (Å²) >= 11 is 0. The summed E-state index contributed by atoms with van der Waals surface area (Å²) in [7, 11) is 0. The van der Waals surface area contributed by atoms with E-state index in [-0.39, 0.29) is 25.9 Å². The van der Waals surface area contributed by atoms with Crippen molar-refractivity contribution in [1.29, 1.82) is 0 Å². The fraction of sp³-hybridized carbons (Fsp3) is 0. The Balaban J connectivity index is 0.00000231. The van der Waals surface area contributed by atoms with Crippen molar-refractivity contribution in [1.82, 2.24) is 9.55 Å². The van der Waals surface area contributed by atoms with E-state index in [1.165, 1.54) is 12.1 Å². The van der Waals surface area contributed by atoms with E-state index in [0.717, 1.165) is 39.3 Å². The predicted molar refractivity (Wildman–Crippen MR) is 119 cm³/mol. The summed E-state index contributed by atoms with van der Waals surface area (Å²) in [5.41, 5.74) is 6.20. The van der Waals surface area contributed by atoms with Crippen molar-refractivity contribution in [3.8, 4) is 39.3 Å². The molecule has 0 unspecified atom stereocenters. The van der Waals surface area contributed by atoms with E-state index in [1.807, 2.05) is 42.6 Å². The molecule has 0 saturated heterocycles. The molecule has 0 aliphatic carbocycles. The van der Waals surface area contributed by atoms with Gasteiger partial charge < -0.3 is 4.57 Å². The number of aromatic nitrogens is 2. The maximum atomic E-state index is 13.5. The van der Waals surface area contributed by atoms with Crippen molar-refractivity contribution in [2.75, 3.05) is 0 Å². The molecule has 0 fully saturated rings. The Morgan fingerprint density at radius 1 is 0.710 bits per heavy atom. The largest absolute Gasteiger partial charge is 0.339 e. The van der Waals surface area contributed by atoms with Crippen molar-refractivity contribution < 1.29 is 24.5 Å². The first-order chi connectivity index (χ1) is 14.8. The van der Waals surface area contributed by atoms with Crippen LogP contribution in [0.15, 0.2) is 109 Å². The van der Waals surface area contributed by atoms with E-state index in [1.54, 1.807) is 12.3 Å². The summed E-state index contributed by atoms with van der Waals surface area (Å²) in [4.78, 5) is 4.57. The molecule has 153 valence electrons. The van der Waals surface area contributed by atoms with Crippen molar-refractivity contribution in [2.24, 2.45) is 0 Å². The number of imidazole rings is 1. The van der Waals surface area contributed by atoms with Crippen LogP contribution < -0.4 is 0 Å². The first-order valence-electron chi connectivity index (χ1n) is 9.76. The van der Waals surface area contributed by atoms with E-state index in [9.17, 15) is 4.39 Å². The number of rotatable bonds is 4. The first kappa shape index (κ1) is 20.9. The van der Waals surface area contributed by atoms with Gasteiger partial charge in [0, 0.05) is 49.4 Å². The molecule has 0 aliphatic heterocycles. The summed E-state index contributed by atoms with van der Waals surface area (Å²) in [6.07, 6.45) is 3.71. The Hall–Kier alpha value is -3.33. The summed E-state index contributed by atoms with van der Waals surface area (Å²) in [5, 5.41) is 0. The Morgan fingerprint density at radius 2 is 1.32 bits per heavy atom. The van der Waals surface area contributed by atoms with Crippen molar-refractivity contribution in [2.45, 2.75) is 0 Å². The Labute approximate surface area is 194 Å². The number of nitrogens with zero attached hydrogens (tertiary/aromatic N) is 2. The number of hydrogen-bond donors (Lipinski definition) is 0. The molecule has 0 amide bonds. The molecule has 0 atom stereocenters. The Bertz CT molecular complexity index is 1220. The van der Waals surface area contributed by atoms with E-state index in [2.05, 4.69) is 58.1 Å². The van der Waals surface area contributed by atoms with Gasteiger partial charge in [0.2, 0.25) is 0 Å². The average Bonchev–Trinajstić information content (AvgIpc) is 3.30. The molecule has 0 N–H and O–H groups in total. The standard InChI is InChI=1S/C27H18FN2.Ir/c28-23-16-14-22(15-17-23)27-29-18-19-30(27)26-24(20-8-3-1-4-9-20)12-7-13-25(26)21-10-5-2-6-11-21;/h1-14,16-19H;/q-1;. The maximum Gasteiger partial charge on any atom is 0.0603 e. The van der Waals surface area contributed by atoms with Gasteiger partial charge in [-0.25, -0.2) is 0 Å². The SMILES string of the molecule is Fc1c[c-]c(-c2nccn2-c2c(-c3ccccc3)cccc2-c2ccccc2)cc1.[Ir]. The van der Waals surface area contributed by atoms with Gasteiger partial charge >= 0.3 is 0 Å². The fourth-order valence-corrected chi connectivity index (χ4v) is 3.73. The Kier molecular flexibility index (Phi) is 6.22. The smallest absolute Gasteiger partial charge is 0.0603 e. The quantitative estimate of drug-likeness (QED) is 0.213. The summed E-state index contributed by atoms with van der Waals surface area (Å²) in [5.74, 6) is 0.405. The first-order valence-corrected chi connectivity index (χ1v) is 9.76. The van der Waals surface area contributed by atoms with Gasteiger partial charge in [0.05, 0.1) is 11.5 Å². The van der Waals surface area contributed by atoms with Gasteiger partial charge in [-0.05, 0) is 11.1 Å². The molecule has 5 aromatic rings. The van der Waals surface area contributed by atoms with E-state index >= 15 is 0 Å². The molecule has 1 heterocycles. The molecule has 1 aromatic heterocycles. The Morgan fingerprint density at radius 3 is 1.87 bits per heavy atom. The third-order valence-corrected chi connectivity index (χ3v) is 5.10. The molecule has 31 heavy (non-hydrogen) atoms. The summed E-state index contributed by atoms with van der Waals surface area (Å²) in [6, 6.07) is 34.4. The minimum atomic E-state index is -0.313. The zero-order chi connectivity index (χ0) is 20.3. The van der Waals surface area contributed by atoms with Crippen LogP contribution in [0, 0.1) is 11.9 Å². The zero-order valence-electron chi connectivity index (χ0n) is 16.5. The molecule has 0 aliphatic rings. The van der Waals surface area contributed by atoms with E-state index < -0.39 is 0 Å². The van der Waals surface area contributed by atoms with Crippen LogP contribution in [0.2, 0.25) is 0 Å². The minimum Gasteiger partial charge on any atom is -0.339 e. The van der Waals surface area contributed by atoms with Gasteiger partial charge in [-0.3, -0.25) is 9.37 Å². The van der Waals surface area contributed by atoms with Crippen LogP contribution in [-0.4, -0.2) is 9.55 Å². The molecule has 1 radical (unpaired) electrons. The minimum absolute atomic E-state index is 0. The van der Waals surface area contributed by atoms with E-state index in [0.29, 0.717) is 0 Å². The van der Waals surface area contributed by atoms with Gasteiger partial charge in [-0.1, -0.05) is 78.9 Å². The van der Waals surface area contributed by atoms with Crippen LogP contribution in [0.5, 0.6) is 0 Å². The number of para-hydroxylation sites is 1. The molecule has 4 heteroatoms. The molecule has 0 spiro atoms.